The SMILES string of the molecule is FC(F)CN(CCBr)c1cnnc2ccccc12. The first-order chi connectivity index (χ1) is 8.72. The standard InChI is InChI=1S/C12H12BrF2N3/c13-5-6-18(8-12(14)15)11-7-16-17-10-4-2-1-3-9(10)11/h1-4,7,12H,5-6,8H2. The molecular weight excluding hydrogens is 304 g/mol. The molecule has 18 heavy (non-hydrogen) atoms. The van der Waals surface area contributed by atoms with Gasteiger partial charge in [0, 0.05) is 17.3 Å². The highest BCUT2D eigenvalue weighted by Gasteiger charge is 2.15. The molecule has 0 bridgehead atoms. The van der Waals surface area contributed by atoms with Crippen LogP contribution in [-0.4, -0.2) is 35.0 Å². The molecule has 0 aliphatic carbocycles. The van der Waals surface area contributed by atoms with Crippen molar-refractivity contribution in [1.82, 2.24) is 10.2 Å². The zero-order valence-corrected chi connectivity index (χ0v) is 11.1. The molecule has 1 aromatic carbocycles. The molecular formula is C12H12BrF2N3. The van der Waals surface area contributed by atoms with E-state index in [1.165, 1.54) is 6.20 Å². The van der Waals surface area contributed by atoms with E-state index in [1.54, 1.807) is 4.90 Å². The quantitative estimate of drug-likeness (QED) is 0.794. The molecule has 0 spiro atoms. The second-order valence-corrected chi connectivity index (χ2v) is 4.57. The molecule has 0 aliphatic heterocycles. The number of alkyl halides is 3. The van der Waals surface area contributed by atoms with Gasteiger partial charge in [-0.15, -0.1) is 0 Å². The van der Waals surface area contributed by atoms with E-state index < -0.39 is 6.43 Å². The minimum atomic E-state index is -2.38. The molecule has 1 aromatic heterocycles. The molecule has 2 aromatic rings. The Morgan fingerprint density at radius 1 is 1.28 bits per heavy atom. The van der Waals surface area contributed by atoms with Gasteiger partial charge >= 0.3 is 0 Å². The molecule has 0 aliphatic rings. The van der Waals surface area contributed by atoms with Gasteiger partial charge in [0.15, 0.2) is 0 Å². The minimum absolute atomic E-state index is 0.304. The average molecular weight is 316 g/mol. The van der Waals surface area contributed by atoms with Crippen molar-refractivity contribution in [2.75, 3.05) is 23.3 Å². The number of hydrogen-bond acceptors (Lipinski definition) is 3. The van der Waals surface area contributed by atoms with Gasteiger partial charge in [-0.05, 0) is 6.07 Å². The second kappa shape index (κ2) is 6.04. The molecule has 0 fully saturated rings. The fourth-order valence-corrected chi connectivity index (χ4v) is 2.25. The number of nitrogens with zero attached hydrogens (tertiary/aromatic N) is 3. The lowest BCUT2D eigenvalue weighted by Gasteiger charge is -2.24. The van der Waals surface area contributed by atoms with Crippen LogP contribution in [0.4, 0.5) is 14.5 Å². The van der Waals surface area contributed by atoms with E-state index in [1.807, 2.05) is 24.3 Å². The van der Waals surface area contributed by atoms with Crippen molar-refractivity contribution in [3.05, 3.63) is 30.5 Å². The van der Waals surface area contributed by atoms with E-state index in [2.05, 4.69) is 26.1 Å². The Morgan fingerprint density at radius 2 is 2.06 bits per heavy atom. The van der Waals surface area contributed by atoms with Gasteiger partial charge in [0.25, 0.3) is 6.43 Å². The summed E-state index contributed by atoms with van der Waals surface area (Å²) in [6.45, 7) is 0.196. The Hall–Kier alpha value is -1.30. The molecule has 0 atom stereocenters. The van der Waals surface area contributed by atoms with Gasteiger partial charge in [-0.25, -0.2) is 8.78 Å². The van der Waals surface area contributed by atoms with Crippen molar-refractivity contribution in [1.29, 1.82) is 0 Å². The highest BCUT2D eigenvalue weighted by atomic mass is 79.9. The number of halogens is 3. The van der Waals surface area contributed by atoms with Gasteiger partial charge in [0.05, 0.1) is 23.9 Å². The van der Waals surface area contributed by atoms with E-state index in [0.29, 0.717) is 23.1 Å². The highest BCUT2D eigenvalue weighted by Crippen LogP contribution is 2.24. The van der Waals surface area contributed by atoms with Crippen molar-refractivity contribution >= 4 is 32.5 Å². The first kappa shape index (κ1) is 13.1. The molecule has 0 saturated heterocycles. The monoisotopic (exact) mass is 315 g/mol. The Labute approximate surface area is 112 Å². The Bertz CT molecular complexity index is 516. The molecule has 1 heterocycles. The zero-order valence-electron chi connectivity index (χ0n) is 9.56. The second-order valence-electron chi connectivity index (χ2n) is 3.77. The summed E-state index contributed by atoms with van der Waals surface area (Å²) in [6.07, 6.45) is -0.844. The van der Waals surface area contributed by atoms with Gasteiger partial charge in [-0.2, -0.15) is 10.2 Å². The predicted molar refractivity (Wildman–Crippen MR) is 71.5 cm³/mol. The van der Waals surface area contributed by atoms with Crippen molar-refractivity contribution in [3.8, 4) is 0 Å². The van der Waals surface area contributed by atoms with Gasteiger partial charge < -0.3 is 4.90 Å². The van der Waals surface area contributed by atoms with Gasteiger partial charge in [0.1, 0.15) is 0 Å². The fraction of sp³-hybridized carbons (Fsp3) is 0.333. The van der Waals surface area contributed by atoms with Crippen LogP contribution in [-0.2, 0) is 0 Å². The van der Waals surface area contributed by atoms with Crippen molar-refractivity contribution in [2.24, 2.45) is 0 Å². The van der Waals surface area contributed by atoms with Crippen molar-refractivity contribution in [2.45, 2.75) is 6.43 Å². The largest absolute Gasteiger partial charge is 0.363 e. The molecule has 0 radical (unpaired) electrons. The van der Waals surface area contributed by atoms with Crippen LogP contribution in [0, 0.1) is 0 Å². The van der Waals surface area contributed by atoms with E-state index in [4.69, 9.17) is 0 Å². The molecule has 96 valence electrons. The van der Waals surface area contributed by atoms with Crippen LogP contribution in [0.15, 0.2) is 30.5 Å². The summed E-state index contributed by atoms with van der Waals surface area (Å²) < 4.78 is 25.2. The number of fused-ring (bicyclic) bond motifs is 1. The lowest BCUT2D eigenvalue weighted by molar-refractivity contribution is 0.155. The van der Waals surface area contributed by atoms with Crippen LogP contribution in [0.2, 0.25) is 0 Å². The molecule has 2 rings (SSSR count). The highest BCUT2D eigenvalue weighted by molar-refractivity contribution is 9.09. The summed E-state index contributed by atoms with van der Waals surface area (Å²) in [5.74, 6) is 0. The normalized spacial score (nSPS) is 11.1. The van der Waals surface area contributed by atoms with Gasteiger partial charge in [-0.3, -0.25) is 0 Å². The summed E-state index contributed by atoms with van der Waals surface area (Å²) in [7, 11) is 0. The molecule has 3 nitrogen and oxygen atoms in total. The summed E-state index contributed by atoms with van der Waals surface area (Å²) >= 11 is 3.28. The van der Waals surface area contributed by atoms with E-state index in [0.717, 1.165) is 5.39 Å². The number of hydrogen-bond donors (Lipinski definition) is 0. The summed E-state index contributed by atoms with van der Waals surface area (Å²) in [4.78, 5) is 1.62. The number of aromatic nitrogens is 2. The molecule has 0 saturated carbocycles. The van der Waals surface area contributed by atoms with Gasteiger partial charge in [0.2, 0.25) is 0 Å². The van der Waals surface area contributed by atoms with Crippen LogP contribution in [0.3, 0.4) is 0 Å². The fourth-order valence-electron chi connectivity index (χ4n) is 1.82. The van der Waals surface area contributed by atoms with Crippen LogP contribution in [0.1, 0.15) is 0 Å². The Balaban J connectivity index is 2.43. The van der Waals surface area contributed by atoms with Crippen LogP contribution in [0.25, 0.3) is 10.9 Å². The first-order valence-corrected chi connectivity index (χ1v) is 6.64. The topological polar surface area (TPSA) is 29.0 Å². The number of benzene rings is 1. The maximum atomic E-state index is 12.6. The minimum Gasteiger partial charge on any atom is -0.363 e. The Morgan fingerprint density at radius 3 is 2.78 bits per heavy atom. The van der Waals surface area contributed by atoms with Crippen LogP contribution in [0.5, 0.6) is 0 Å². The first-order valence-electron chi connectivity index (χ1n) is 5.52. The van der Waals surface area contributed by atoms with E-state index in [-0.39, 0.29) is 6.54 Å². The molecule has 0 amide bonds. The van der Waals surface area contributed by atoms with Crippen LogP contribution >= 0.6 is 15.9 Å². The number of rotatable bonds is 5. The smallest absolute Gasteiger partial charge is 0.255 e. The lowest BCUT2D eigenvalue weighted by Crippen LogP contribution is -2.31. The van der Waals surface area contributed by atoms with Crippen molar-refractivity contribution < 1.29 is 8.78 Å². The third-order valence-corrected chi connectivity index (χ3v) is 2.93. The van der Waals surface area contributed by atoms with E-state index in [9.17, 15) is 8.78 Å². The lowest BCUT2D eigenvalue weighted by atomic mass is 10.2. The van der Waals surface area contributed by atoms with Crippen LogP contribution < -0.4 is 4.90 Å². The third kappa shape index (κ3) is 2.93. The summed E-state index contributed by atoms with van der Waals surface area (Å²) in [5, 5.41) is 9.32. The zero-order chi connectivity index (χ0) is 13.0. The van der Waals surface area contributed by atoms with E-state index >= 15 is 0 Å². The summed E-state index contributed by atoms with van der Waals surface area (Å²) in [6, 6.07) is 7.40. The maximum absolute atomic E-state index is 12.6. The molecule has 0 unspecified atom stereocenters. The average Bonchev–Trinajstić information content (AvgIpc) is 2.37. The predicted octanol–water partition coefficient (Wildman–Crippen LogP) is 3.10. The third-order valence-electron chi connectivity index (χ3n) is 2.58. The van der Waals surface area contributed by atoms with Crippen molar-refractivity contribution in [3.63, 3.8) is 0 Å². The van der Waals surface area contributed by atoms with Gasteiger partial charge in [-0.1, -0.05) is 34.1 Å². The molecule has 0 N–H and O–H groups in total. The Kier molecular flexibility index (Phi) is 4.41. The molecule has 6 heteroatoms. The maximum Gasteiger partial charge on any atom is 0.255 e. The summed E-state index contributed by atoms with van der Waals surface area (Å²) in [5.41, 5.74) is 1.41. The number of anilines is 1.